The van der Waals surface area contributed by atoms with E-state index >= 15 is 0 Å². The number of nitrogens with one attached hydrogen (secondary N) is 1. The van der Waals surface area contributed by atoms with Crippen molar-refractivity contribution in [3.63, 3.8) is 0 Å². The number of carbonyl (C=O) groups excluding carboxylic acids is 1. The van der Waals surface area contributed by atoms with Gasteiger partial charge in [-0.3, -0.25) is 23.7 Å². The Morgan fingerprint density at radius 2 is 2.12 bits per heavy atom. The number of rotatable bonds is 10. The summed E-state index contributed by atoms with van der Waals surface area (Å²) in [4.78, 5) is 32.9. The lowest BCUT2D eigenvalue weighted by molar-refractivity contribution is -0.151. The number of esters is 1. The molecule has 0 spiro atoms. The quantitative estimate of drug-likeness (QED) is 0.135. The number of imidazole rings is 1. The molecular weight excluding hydrogens is 565 g/mol. The van der Waals surface area contributed by atoms with E-state index in [4.69, 9.17) is 45.0 Å². The van der Waals surface area contributed by atoms with Crippen LogP contribution in [0, 0.1) is 18.3 Å². The molecule has 0 saturated carbocycles. The van der Waals surface area contributed by atoms with Gasteiger partial charge in [-0.05, 0) is 26.0 Å². The number of fused-ring (bicyclic) bond motifs is 1. The van der Waals surface area contributed by atoms with Crippen LogP contribution < -0.4 is 15.8 Å². The molecule has 40 heavy (non-hydrogen) atoms. The van der Waals surface area contributed by atoms with E-state index in [0.717, 1.165) is 10.9 Å². The minimum absolute atomic E-state index is 0.0703. The average molecular weight is 596 g/mol. The van der Waals surface area contributed by atoms with Gasteiger partial charge in [0.25, 0.3) is 5.56 Å². The number of aliphatic hydroxyl groups is 1. The molecule has 3 heterocycles. The number of para-hydroxylation sites is 1. The third kappa shape index (κ3) is 6.01. The Balaban J connectivity index is 1.69. The molecule has 0 aliphatic carbocycles. The monoisotopic (exact) mass is 595 g/mol. The second-order valence-corrected chi connectivity index (χ2v) is 11.9. The van der Waals surface area contributed by atoms with Crippen LogP contribution in [0.15, 0.2) is 41.5 Å². The molecule has 214 valence electrons. The molecule has 0 amide bonds. The molecule has 13 nitrogen and oxygen atoms in total. The number of benzene rings is 1. The minimum atomic E-state index is -4.53. The average Bonchev–Trinajstić information content (AvgIpc) is 3.42. The summed E-state index contributed by atoms with van der Waals surface area (Å²) in [6, 6.07) is 7.79. The number of aromatic nitrogens is 4. The molecule has 0 bridgehead atoms. The number of nitrogens with two attached hydrogens (primary N) is 1. The van der Waals surface area contributed by atoms with Crippen LogP contribution in [0.3, 0.4) is 0 Å². The fraction of sp³-hybridized carbons (Fsp3) is 0.440. The second kappa shape index (κ2) is 11.6. The molecule has 1 unspecified atom stereocenters. The fourth-order valence-electron chi connectivity index (χ4n) is 3.94. The molecule has 15 heteroatoms. The first-order valence-corrected chi connectivity index (χ1v) is 14.2. The third-order valence-corrected chi connectivity index (χ3v) is 8.21. The zero-order chi connectivity index (χ0) is 31.0. The molecule has 1 saturated heterocycles. The number of alkyl halides is 1. The van der Waals surface area contributed by atoms with Crippen molar-refractivity contribution in [1.29, 1.82) is 0 Å². The minimum Gasteiger partial charge on any atom is -0.463 e. The number of nitrogen functional groups attached to an aromatic ring is 1. The van der Waals surface area contributed by atoms with Gasteiger partial charge in [-0.15, -0.1) is 6.42 Å². The van der Waals surface area contributed by atoms with Crippen molar-refractivity contribution in [2.75, 3.05) is 18.5 Å². The highest BCUT2D eigenvalue weighted by Gasteiger charge is 2.56. The first-order chi connectivity index (χ1) is 19.6. The van der Waals surface area contributed by atoms with Gasteiger partial charge < -0.3 is 24.8 Å². The second-order valence-electron chi connectivity index (χ2n) is 9.34. The predicted molar refractivity (Wildman–Crippen MR) is 146 cm³/mol. The van der Waals surface area contributed by atoms with Crippen LogP contribution in [-0.2, 0) is 23.4 Å². The number of aliphatic hydroxyl groups excluding tert-OH is 1. The molecule has 1 aliphatic rings. The fourth-order valence-corrected chi connectivity index (χ4v) is 5.92. The van der Waals surface area contributed by atoms with Crippen LogP contribution in [0.2, 0.25) is 0 Å². The van der Waals surface area contributed by atoms with Crippen LogP contribution in [0.4, 0.5) is 5.95 Å². The Hall–Kier alpha value is -3.40. The van der Waals surface area contributed by atoms with Crippen LogP contribution >= 0.6 is 19.2 Å². The highest BCUT2D eigenvalue weighted by molar-refractivity contribution is 7.54. The normalized spacial score (nSPS) is 26.0. The molecule has 2 aromatic heterocycles. The van der Waals surface area contributed by atoms with Crippen LogP contribution in [-0.4, -0.2) is 66.5 Å². The number of anilines is 1. The maximum absolute atomic E-state index is 14.1. The van der Waals surface area contributed by atoms with E-state index in [9.17, 15) is 19.3 Å². The van der Waals surface area contributed by atoms with Gasteiger partial charge in [0.05, 0.1) is 33.8 Å². The zero-order valence-corrected chi connectivity index (χ0v) is 23.3. The van der Waals surface area contributed by atoms with Crippen LogP contribution in [0.5, 0.6) is 5.75 Å². The van der Waals surface area contributed by atoms with Crippen LogP contribution in [0.1, 0.15) is 29.7 Å². The summed E-state index contributed by atoms with van der Waals surface area (Å²) in [5, 5.41) is 11.2. The molecule has 1 aliphatic heterocycles. The Bertz CT molecular complexity index is 1610. The molecule has 0 radical (unpaired) electrons. The topological polar surface area (TPSA) is 181 Å². The SMILES string of the molecule is [2H]C([2H])(O[P@@](=O)(C[C@@H](C)C(=O)OC(C)C)Oc1ccccc1)[C@H]1O[C@@H](n2cnc3c(=O)[nH]c(N)nc32)C(Cl)(C#C)[C@H]1O. The molecule has 6 atom stereocenters. The van der Waals surface area contributed by atoms with Crippen molar-refractivity contribution in [3.05, 3.63) is 47.0 Å². The molecule has 4 N–H and O–H groups in total. The highest BCUT2D eigenvalue weighted by Crippen LogP contribution is 2.52. The van der Waals surface area contributed by atoms with Gasteiger partial charge in [0.2, 0.25) is 5.95 Å². The van der Waals surface area contributed by atoms with Gasteiger partial charge in [0.15, 0.2) is 22.3 Å². The van der Waals surface area contributed by atoms with Crippen molar-refractivity contribution in [2.24, 2.45) is 5.92 Å². The first kappa shape index (κ1) is 26.8. The summed E-state index contributed by atoms with van der Waals surface area (Å²) in [5.41, 5.74) is 4.74. The van der Waals surface area contributed by atoms with E-state index < -0.39 is 67.2 Å². The van der Waals surface area contributed by atoms with Crippen molar-refractivity contribution >= 4 is 42.3 Å². The zero-order valence-electron chi connectivity index (χ0n) is 23.7. The number of H-pyrrole nitrogens is 1. The maximum Gasteiger partial charge on any atom is 0.380 e. The molecule has 1 aromatic carbocycles. The maximum atomic E-state index is 14.1. The Morgan fingerprint density at radius 1 is 1.43 bits per heavy atom. The third-order valence-electron chi connectivity index (χ3n) is 5.82. The van der Waals surface area contributed by atoms with Gasteiger partial charge >= 0.3 is 13.6 Å². The number of halogens is 1. The van der Waals surface area contributed by atoms with E-state index in [-0.39, 0.29) is 22.9 Å². The van der Waals surface area contributed by atoms with Gasteiger partial charge in [0.1, 0.15) is 18.0 Å². The number of nitrogens with zero attached hydrogens (tertiary/aromatic N) is 3. The van der Waals surface area contributed by atoms with Crippen molar-refractivity contribution < 1.29 is 35.7 Å². The van der Waals surface area contributed by atoms with E-state index in [1.807, 2.05) is 0 Å². The van der Waals surface area contributed by atoms with Gasteiger partial charge in [-0.25, -0.2) is 9.55 Å². The number of hydrogen-bond donors (Lipinski definition) is 3. The largest absolute Gasteiger partial charge is 0.463 e. The van der Waals surface area contributed by atoms with E-state index in [2.05, 4.69) is 20.9 Å². The number of ether oxygens (including phenoxy) is 2. The summed E-state index contributed by atoms with van der Waals surface area (Å²) in [5.74, 6) is 0.278. The van der Waals surface area contributed by atoms with E-state index in [1.54, 1.807) is 32.0 Å². The van der Waals surface area contributed by atoms with Crippen molar-refractivity contribution in [2.45, 2.75) is 50.2 Å². The Morgan fingerprint density at radius 3 is 2.77 bits per heavy atom. The standard InChI is InChI=1S/C25H29ClN5O8P/c1-5-25(26)19(32)17(38-23(25)31-13-28-18-20(31)29-24(27)30-21(18)33)11-36-40(35,39-16-9-7-6-8-10-16)12-15(4)22(34)37-14(2)3/h1,6-10,13-15,17,19,23,32H,11-12H2,2-4H3,(H3,27,29,30,33)/t15-,17-,19+,23-,25?,40+/m1/s1/i11D2. The Labute approximate surface area is 237 Å². The van der Waals surface area contributed by atoms with E-state index in [1.165, 1.54) is 19.1 Å². The lowest BCUT2D eigenvalue weighted by Crippen LogP contribution is -2.41. The summed E-state index contributed by atoms with van der Waals surface area (Å²) < 4.78 is 54.7. The molecule has 1 fully saturated rings. The number of terminal acetylenes is 1. The molecule has 4 rings (SSSR count). The van der Waals surface area contributed by atoms with Crippen molar-refractivity contribution in [3.8, 4) is 18.1 Å². The summed E-state index contributed by atoms with van der Waals surface area (Å²) in [7, 11) is -4.53. The number of carbonyl (C=O) groups is 1. The first-order valence-electron chi connectivity index (χ1n) is 13.1. The summed E-state index contributed by atoms with van der Waals surface area (Å²) in [6.07, 6.45) is 0.272. The van der Waals surface area contributed by atoms with Crippen LogP contribution in [0.25, 0.3) is 11.2 Å². The van der Waals surface area contributed by atoms with Crippen molar-refractivity contribution in [1.82, 2.24) is 19.5 Å². The Kier molecular flexibility index (Phi) is 7.78. The van der Waals surface area contributed by atoms with E-state index in [0.29, 0.717) is 0 Å². The van der Waals surface area contributed by atoms with Gasteiger partial charge in [-0.1, -0.05) is 42.6 Å². The molecular formula is C25H29ClN5O8P. The number of hydrogen-bond acceptors (Lipinski definition) is 11. The predicted octanol–water partition coefficient (Wildman–Crippen LogP) is 2.45. The highest BCUT2D eigenvalue weighted by atomic mass is 35.5. The number of aromatic amines is 1. The summed E-state index contributed by atoms with van der Waals surface area (Å²) >= 11 is 6.63. The summed E-state index contributed by atoms with van der Waals surface area (Å²) in [6.45, 7) is 1.64. The lowest BCUT2D eigenvalue weighted by atomic mass is 9.99. The van der Waals surface area contributed by atoms with Gasteiger partial charge in [0, 0.05) is 0 Å². The van der Waals surface area contributed by atoms with Gasteiger partial charge in [-0.2, -0.15) is 4.98 Å². The smallest absolute Gasteiger partial charge is 0.380 e. The molecule has 3 aromatic rings. The lowest BCUT2D eigenvalue weighted by Gasteiger charge is -2.25.